The number of amides is 1. The zero-order valence-electron chi connectivity index (χ0n) is 8.20. The van der Waals surface area contributed by atoms with Gasteiger partial charge < -0.3 is 10.4 Å². The highest BCUT2D eigenvalue weighted by atomic mass is 35.5. The number of carbonyl (C=O) groups is 1. The van der Waals surface area contributed by atoms with Gasteiger partial charge in [0.2, 0.25) is 5.91 Å². The van der Waals surface area contributed by atoms with E-state index in [4.69, 9.17) is 11.6 Å². The van der Waals surface area contributed by atoms with Crippen molar-refractivity contribution in [1.29, 1.82) is 0 Å². The van der Waals surface area contributed by atoms with Crippen molar-refractivity contribution in [1.82, 2.24) is 10.3 Å². The van der Waals surface area contributed by atoms with Crippen LogP contribution in [0.25, 0.3) is 6.08 Å². The Labute approximate surface area is 92.6 Å². The molecule has 1 amide bonds. The van der Waals surface area contributed by atoms with E-state index >= 15 is 0 Å². The summed E-state index contributed by atoms with van der Waals surface area (Å²) in [6.07, 6.45) is 3.27. The number of rotatable bonds is 3. The number of nitrogens with zero attached hydrogens (tertiary/aromatic N) is 1. The molecule has 0 aliphatic rings. The molecule has 0 bridgehead atoms. The van der Waals surface area contributed by atoms with Gasteiger partial charge in [0.05, 0.1) is 0 Å². The summed E-state index contributed by atoms with van der Waals surface area (Å²) in [7, 11) is 0. The lowest BCUT2D eigenvalue weighted by Gasteiger charge is -1.98. The maximum Gasteiger partial charge on any atom is 0.217 e. The average molecular weight is 227 g/mol. The minimum Gasteiger partial charge on any atom is -0.506 e. The molecule has 80 valence electrons. The monoisotopic (exact) mass is 226 g/mol. The van der Waals surface area contributed by atoms with Gasteiger partial charge in [-0.25, -0.2) is 4.98 Å². The predicted octanol–water partition coefficient (Wildman–Crippen LogP) is 1.59. The third-order valence-corrected chi connectivity index (χ3v) is 1.82. The molecule has 0 unspecified atom stereocenters. The van der Waals surface area contributed by atoms with Gasteiger partial charge in [-0.3, -0.25) is 4.79 Å². The van der Waals surface area contributed by atoms with Crippen LogP contribution in [0.5, 0.6) is 5.75 Å². The molecule has 1 aromatic rings. The number of pyridine rings is 1. The maximum atomic E-state index is 10.5. The summed E-state index contributed by atoms with van der Waals surface area (Å²) >= 11 is 5.65. The van der Waals surface area contributed by atoms with Crippen molar-refractivity contribution in [2.75, 3.05) is 6.54 Å². The van der Waals surface area contributed by atoms with Crippen LogP contribution in [0.1, 0.15) is 12.6 Å². The van der Waals surface area contributed by atoms with Gasteiger partial charge in [0, 0.05) is 13.5 Å². The van der Waals surface area contributed by atoms with Gasteiger partial charge >= 0.3 is 0 Å². The Bertz CT molecular complexity index is 391. The van der Waals surface area contributed by atoms with Crippen molar-refractivity contribution < 1.29 is 9.90 Å². The lowest BCUT2D eigenvalue weighted by molar-refractivity contribution is -0.118. The summed E-state index contributed by atoms with van der Waals surface area (Å²) in [5, 5.41) is 12.3. The third-order valence-electron chi connectivity index (χ3n) is 1.61. The normalized spacial score (nSPS) is 10.5. The van der Waals surface area contributed by atoms with Gasteiger partial charge in [-0.2, -0.15) is 0 Å². The first-order valence-corrected chi connectivity index (χ1v) is 4.74. The molecule has 0 aromatic carbocycles. The minimum absolute atomic E-state index is 0.0541. The molecule has 0 aliphatic carbocycles. The second kappa shape index (κ2) is 5.36. The number of carbonyl (C=O) groups excluding carboxylic acids is 1. The molecule has 0 spiro atoms. The lowest BCUT2D eigenvalue weighted by atomic mass is 10.3. The van der Waals surface area contributed by atoms with Crippen LogP contribution in [0, 0.1) is 0 Å². The Kier molecular flexibility index (Phi) is 4.12. The molecule has 0 fully saturated rings. The van der Waals surface area contributed by atoms with Gasteiger partial charge in [-0.15, -0.1) is 0 Å². The number of hydrogen-bond acceptors (Lipinski definition) is 3. The SMILES string of the molecule is CC(=O)NCC=Cc1nc(Cl)ccc1O. The second-order valence-electron chi connectivity index (χ2n) is 2.88. The van der Waals surface area contributed by atoms with E-state index in [1.165, 1.54) is 19.1 Å². The Morgan fingerprint density at radius 1 is 1.67 bits per heavy atom. The van der Waals surface area contributed by atoms with E-state index in [0.29, 0.717) is 17.4 Å². The van der Waals surface area contributed by atoms with E-state index in [1.807, 2.05) is 0 Å². The van der Waals surface area contributed by atoms with E-state index in [-0.39, 0.29) is 11.7 Å². The molecule has 4 nitrogen and oxygen atoms in total. The van der Waals surface area contributed by atoms with E-state index in [1.54, 1.807) is 12.2 Å². The molecule has 0 atom stereocenters. The molecular weight excluding hydrogens is 216 g/mol. The average Bonchev–Trinajstić information content (AvgIpc) is 2.17. The highest BCUT2D eigenvalue weighted by Crippen LogP contribution is 2.18. The van der Waals surface area contributed by atoms with E-state index in [0.717, 1.165) is 0 Å². The smallest absolute Gasteiger partial charge is 0.217 e. The molecule has 0 aliphatic heterocycles. The van der Waals surface area contributed by atoms with Crippen molar-refractivity contribution in [2.24, 2.45) is 0 Å². The van der Waals surface area contributed by atoms with E-state index in [2.05, 4.69) is 10.3 Å². The molecule has 1 rings (SSSR count). The summed E-state index contributed by atoms with van der Waals surface area (Å²) in [4.78, 5) is 14.5. The summed E-state index contributed by atoms with van der Waals surface area (Å²) in [6, 6.07) is 2.97. The number of aromatic hydroxyl groups is 1. The first-order chi connectivity index (χ1) is 7.09. The fourth-order valence-corrected chi connectivity index (χ4v) is 1.09. The lowest BCUT2D eigenvalue weighted by Crippen LogP contribution is -2.19. The maximum absolute atomic E-state index is 10.5. The Balaban J connectivity index is 2.63. The van der Waals surface area contributed by atoms with Gasteiger partial charge in [0.25, 0.3) is 0 Å². The largest absolute Gasteiger partial charge is 0.506 e. The number of aromatic nitrogens is 1. The van der Waals surface area contributed by atoms with Crippen LogP contribution in [0.3, 0.4) is 0 Å². The van der Waals surface area contributed by atoms with Crippen molar-refractivity contribution in [2.45, 2.75) is 6.92 Å². The van der Waals surface area contributed by atoms with Crippen LogP contribution in [-0.2, 0) is 4.79 Å². The third kappa shape index (κ3) is 3.99. The van der Waals surface area contributed by atoms with Crippen molar-refractivity contribution in [3.63, 3.8) is 0 Å². The minimum atomic E-state index is -0.108. The van der Waals surface area contributed by atoms with E-state index in [9.17, 15) is 9.90 Å². The van der Waals surface area contributed by atoms with Gasteiger partial charge in [0.1, 0.15) is 16.6 Å². The zero-order valence-corrected chi connectivity index (χ0v) is 8.95. The fraction of sp³-hybridized carbons (Fsp3) is 0.200. The Hall–Kier alpha value is -1.55. The first-order valence-electron chi connectivity index (χ1n) is 4.36. The van der Waals surface area contributed by atoms with Gasteiger partial charge in [-0.05, 0) is 18.2 Å². The summed E-state index contributed by atoms with van der Waals surface area (Å²) < 4.78 is 0. The van der Waals surface area contributed by atoms with E-state index < -0.39 is 0 Å². The quantitative estimate of drug-likeness (QED) is 0.770. The summed E-state index contributed by atoms with van der Waals surface area (Å²) in [5.41, 5.74) is 0.382. The van der Waals surface area contributed by atoms with Crippen LogP contribution < -0.4 is 5.32 Å². The van der Waals surface area contributed by atoms with Gasteiger partial charge in [-0.1, -0.05) is 17.7 Å². The Morgan fingerprint density at radius 2 is 2.40 bits per heavy atom. The highest BCUT2D eigenvalue weighted by molar-refractivity contribution is 6.29. The second-order valence-corrected chi connectivity index (χ2v) is 3.27. The van der Waals surface area contributed by atoms with Crippen molar-refractivity contribution >= 4 is 23.6 Å². The van der Waals surface area contributed by atoms with Crippen LogP contribution >= 0.6 is 11.6 Å². The Morgan fingerprint density at radius 3 is 3.07 bits per heavy atom. The molecule has 2 N–H and O–H groups in total. The topological polar surface area (TPSA) is 62.2 Å². The summed E-state index contributed by atoms with van der Waals surface area (Å²) in [6.45, 7) is 1.83. The highest BCUT2D eigenvalue weighted by Gasteiger charge is 1.99. The van der Waals surface area contributed by atoms with Gasteiger partial charge in [0.15, 0.2) is 0 Å². The van der Waals surface area contributed by atoms with Crippen LogP contribution in [0.2, 0.25) is 5.15 Å². The molecule has 0 saturated carbocycles. The molecule has 15 heavy (non-hydrogen) atoms. The van der Waals surface area contributed by atoms with Crippen molar-refractivity contribution in [3.05, 3.63) is 29.1 Å². The van der Waals surface area contributed by atoms with Crippen LogP contribution in [0.4, 0.5) is 0 Å². The van der Waals surface area contributed by atoms with Crippen molar-refractivity contribution in [3.8, 4) is 5.75 Å². The molecule has 5 heteroatoms. The van der Waals surface area contributed by atoms with Crippen LogP contribution in [0.15, 0.2) is 18.2 Å². The molecular formula is C10H11ClN2O2. The molecule has 0 radical (unpaired) electrons. The number of nitrogens with one attached hydrogen (secondary N) is 1. The fourth-order valence-electron chi connectivity index (χ4n) is 0.939. The first kappa shape index (κ1) is 11.5. The predicted molar refractivity (Wildman–Crippen MR) is 58.6 cm³/mol. The molecule has 1 aromatic heterocycles. The molecule has 0 saturated heterocycles. The van der Waals surface area contributed by atoms with Crippen LogP contribution in [-0.4, -0.2) is 22.5 Å². The zero-order chi connectivity index (χ0) is 11.3. The summed E-state index contributed by atoms with van der Waals surface area (Å²) in [5.74, 6) is -0.0543. The standard InChI is InChI=1S/C10H11ClN2O2/c1-7(14)12-6-2-3-8-9(15)4-5-10(11)13-8/h2-5,15H,6H2,1H3,(H,12,14). The number of hydrogen-bond donors (Lipinski definition) is 2. The number of halogens is 1. The molecule has 1 heterocycles.